The lowest BCUT2D eigenvalue weighted by Gasteiger charge is -2.26. The second-order valence-corrected chi connectivity index (χ2v) is 6.60. The van der Waals surface area contributed by atoms with E-state index < -0.39 is 5.97 Å². The molecular weight excluding hydrogens is 319 g/mol. The number of allylic oxidation sites excluding steroid dienone is 3. The number of hydrogen-bond donors (Lipinski definition) is 0. The van der Waals surface area contributed by atoms with Crippen LogP contribution in [0, 0.1) is 11.8 Å². The van der Waals surface area contributed by atoms with Crippen molar-refractivity contribution in [2.24, 2.45) is 11.8 Å². The fourth-order valence-corrected chi connectivity index (χ4v) is 3.01. The number of ether oxygens (including phenoxy) is 1. The molecule has 0 amide bonds. The SMILES string of the molecule is C=C(/C=C\C(=C)C1CCC(C)CC1)OC(=O)c1ccc(OP)cc1. The van der Waals surface area contributed by atoms with E-state index in [9.17, 15) is 4.79 Å². The molecule has 1 atom stereocenters. The summed E-state index contributed by atoms with van der Waals surface area (Å²) in [5, 5.41) is 0. The molecule has 1 aliphatic carbocycles. The largest absolute Gasteiger partial charge is 0.480 e. The molecule has 0 aliphatic heterocycles. The van der Waals surface area contributed by atoms with Crippen molar-refractivity contribution in [2.75, 3.05) is 0 Å². The van der Waals surface area contributed by atoms with E-state index in [0.717, 1.165) is 11.5 Å². The van der Waals surface area contributed by atoms with E-state index in [4.69, 9.17) is 9.26 Å². The van der Waals surface area contributed by atoms with Gasteiger partial charge in [-0.1, -0.05) is 44.6 Å². The highest BCUT2D eigenvalue weighted by molar-refractivity contribution is 7.10. The van der Waals surface area contributed by atoms with Crippen LogP contribution in [0.15, 0.2) is 60.9 Å². The Morgan fingerprint density at radius 3 is 2.33 bits per heavy atom. The van der Waals surface area contributed by atoms with E-state index >= 15 is 0 Å². The number of carbonyl (C=O) groups excluding carboxylic acids is 1. The van der Waals surface area contributed by atoms with Crippen LogP contribution >= 0.6 is 9.47 Å². The molecule has 0 bridgehead atoms. The van der Waals surface area contributed by atoms with Gasteiger partial charge < -0.3 is 9.26 Å². The number of carbonyl (C=O) groups is 1. The second-order valence-electron chi connectivity index (χ2n) is 6.36. The topological polar surface area (TPSA) is 35.5 Å². The van der Waals surface area contributed by atoms with Gasteiger partial charge in [0.05, 0.1) is 15.0 Å². The van der Waals surface area contributed by atoms with E-state index in [1.165, 1.54) is 25.7 Å². The van der Waals surface area contributed by atoms with E-state index in [1.54, 1.807) is 30.3 Å². The average molecular weight is 344 g/mol. The van der Waals surface area contributed by atoms with Gasteiger partial charge in [0.15, 0.2) is 0 Å². The predicted molar refractivity (Wildman–Crippen MR) is 101 cm³/mol. The highest BCUT2D eigenvalue weighted by Gasteiger charge is 2.19. The van der Waals surface area contributed by atoms with Crippen molar-refractivity contribution in [3.8, 4) is 5.75 Å². The quantitative estimate of drug-likeness (QED) is 0.297. The van der Waals surface area contributed by atoms with Crippen LogP contribution in [0.5, 0.6) is 5.75 Å². The summed E-state index contributed by atoms with van der Waals surface area (Å²) in [4.78, 5) is 12.1. The molecule has 2 rings (SSSR count). The molecule has 1 aliphatic rings. The molecule has 1 aromatic carbocycles. The summed E-state index contributed by atoms with van der Waals surface area (Å²) in [6.45, 7) is 10.2. The van der Waals surface area contributed by atoms with Gasteiger partial charge in [0.2, 0.25) is 0 Å². The van der Waals surface area contributed by atoms with Gasteiger partial charge in [0.1, 0.15) is 11.5 Å². The molecule has 0 N–H and O–H groups in total. The van der Waals surface area contributed by atoms with Crippen LogP contribution in [0.1, 0.15) is 43.0 Å². The van der Waals surface area contributed by atoms with Crippen molar-refractivity contribution in [2.45, 2.75) is 32.6 Å². The first-order chi connectivity index (χ1) is 11.5. The van der Waals surface area contributed by atoms with Crippen molar-refractivity contribution in [3.05, 3.63) is 66.5 Å². The first-order valence-electron chi connectivity index (χ1n) is 8.24. The summed E-state index contributed by atoms with van der Waals surface area (Å²) in [5.74, 6) is 1.89. The van der Waals surface area contributed by atoms with E-state index in [1.807, 2.05) is 6.08 Å². The number of benzene rings is 1. The Bertz CT molecular complexity index is 623. The number of esters is 1. The van der Waals surface area contributed by atoms with Gasteiger partial charge in [0, 0.05) is 0 Å². The van der Waals surface area contributed by atoms with Crippen LogP contribution in [0.2, 0.25) is 0 Å². The first kappa shape index (κ1) is 18.5. The van der Waals surface area contributed by atoms with Crippen molar-refractivity contribution in [3.63, 3.8) is 0 Å². The number of hydrogen-bond acceptors (Lipinski definition) is 3. The Labute approximate surface area is 146 Å². The highest BCUT2D eigenvalue weighted by Crippen LogP contribution is 2.32. The summed E-state index contributed by atoms with van der Waals surface area (Å²) < 4.78 is 10.2. The van der Waals surface area contributed by atoms with Crippen LogP contribution in [0.3, 0.4) is 0 Å². The smallest absolute Gasteiger partial charge is 0.343 e. The molecule has 3 nitrogen and oxygen atoms in total. The Kier molecular flexibility index (Phi) is 6.81. The van der Waals surface area contributed by atoms with Crippen LogP contribution in [0.25, 0.3) is 0 Å². The standard InChI is InChI=1S/C20H25O3P/c1-14-4-8-17(9-5-14)15(2)6-7-16(3)22-20(21)18-10-12-19(23-24)13-11-18/h6-7,10-14,17H,2-5,8-9,24H2,1H3/b7-6-. The van der Waals surface area contributed by atoms with Gasteiger partial charge >= 0.3 is 5.97 Å². The Hall–Kier alpha value is -1.86. The molecule has 0 saturated heterocycles. The van der Waals surface area contributed by atoms with Gasteiger partial charge in [-0.2, -0.15) is 0 Å². The molecule has 1 unspecified atom stereocenters. The summed E-state index contributed by atoms with van der Waals surface area (Å²) in [6.07, 6.45) is 8.51. The maximum absolute atomic E-state index is 12.1. The maximum atomic E-state index is 12.1. The molecule has 1 aromatic rings. The Balaban J connectivity index is 1.85. The molecule has 128 valence electrons. The Morgan fingerprint density at radius 2 is 1.75 bits per heavy atom. The molecule has 0 spiro atoms. The molecular formula is C20H25O3P. The molecule has 4 heteroatoms. The van der Waals surface area contributed by atoms with E-state index in [-0.39, 0.29) is 0 Å². The van der Waals surface area contributed by atoms with Crippen LogP contribution < -0.4 is 4.52 Å². The van der Waals surface area contributed by atoms with Crippen LogP contribution in [-0.2, 0) is 4.74 Å². The third-order valence-corrected chi connectivity index (χ3v) is 4.75. The fraction of sp³-hybridized carbons (Fsp3) is 0.350. The molecule has 0 aromatic heterocycles. The third-order valence-electron chi connectivity index (χ3n) is 4.47. The zero-order valence-electron chi connectivity index (χ0n) is 14.2. The summed E-state index contributed by atoms with van der Waals surface area (Å²) in [7, 11) is 2.16. The van der Waals surface area contributed by atoms with E-state index in [2.05, 4.69) is 29.5 Å². The monoisotopic (exact) mass is 344 g/mol. The third kappa shape index (κ3) is 5.35. The minimum Gasteiger partial charge on any atom is -0.480 e. The van der Waals surface area contributed by atoms with Crippen molar-refractivity contribution < 1.29 is 14.1 Å². The zero-order valence-corrected chi connectivity index (χ0v) is 15.3. The van der Waals surface area contributed by atoms with Gasteiger partial charge in [-0.25, -0.2) is 4.79 Å². The molecule has 0 heterocycles. The highest BCUT2D eigenvalue weighted by atomic mass is 31.0. The van der Waals surface area contributed by atoms with Gasteiger partial charge in [-0.05, 0) is 55.0 Å². The maximum Gasteiger partial charge on any atom is 0.343 e. The van der Waals surface area contributed by atoms with Crippen molar-refractivity contribution >= 4 is 15.4 Å². The van der Waals surface area contributed by atoms with Gasteiger partial charge in [-0.3, -0.25) is 0 Å². The summed E-state index contributed by atoms with van der Waals surface area (Å²) in [6, 6.07) is 6.71. The molecule has 24 heavy (non-hydrogen) atoms. The summed E-state index contributed by atoms with van der Waals surface area (Å²) in [5.41, 5.74) is 1.54. The zero-order chi connectivity index (χ0) is 17.5. The lowest BCUT2D eigenvalue weighted by Crippen LogP contribution is -2.13. The molecule has 0 radical (unpaired) electrons. The van der Waals surface area contributed by atoms with Crippen LogP contribution in [-0.4, -0.2) is 5.97 Å². The summed E-state index contributed by atoms with van der Waals surface area (Å²) >= 11 is 0. The minimum absolute atomic E-state index is 0.316. The van der Waals surface area contributed by atoms with Crippen LogP contribution in [0.4, 0.5) is 0 Å². The number of rotatable bonds is 6. The lowest BCUT2D eigenvalue weighted by atomic mass is 9.79. The Morgan fingerprint density at radius 1 is 1.12 bits per heavy atom. The normalized spacial score (nSPS) is 20.6. The fourth-order valence-electron chi connectivity index (χ4n) is 2.85. The van der Waals surface area contributed by atoms with Crippen molar-refractivity contribution in [1.29, 1.82) is 0 Å². The lowest BCUT2D eigenvalue weighted by molar-refractivity contribution is 0.0638. The predicted octanol–water partition coefficient (Wildman–Crippen LogP) is 5.46. The average Bonchev–Trinajstić information content (AvgIpc) is 2.60. The van der Waals surface area contributed by atoms with Crippen molar-refractivity contribution in [1.82, 2.24) is 0 Å². The van der Waals surface area contributed by atoms with Gasteiger partial charge in [-0.15, -0.1) is 0 Å². The first-order valence-corrected chi connectivity index (χ1v) is 8.71. The van der Waals surface area contributed by atoms with E-state index in [0.29, 0.717) is 23.0 Å². The minimum atomic E-state index is -0.433. The second kappa shape index (κ2) is 8.84. The molecule has 1 saturated carbocycles. The molecule has 1 fully saturated rings. The van der Waals surface area contributed by atoms with Gasteiger partial charge in [0.25, 0.3) is 0 Å².